The summed E-state index contributed by atoms with van der Waals surface area (Å²) < 4.78 is 5.23. The van der Waals surface area contributed by atoms with E-state index in [9.17, 15) is 5.26 Å². The maximum absolute atomic E-state index is 9.80. The molecule has 1 aliphatic carbocycles. The second-order valence-electron chi connectivity index (χ2n) is 5.20. The molecular formula is C16H17N3OS. The number of hydrogen-bond donors (Lipinski definition) is 1. The minimum Gasteiger partial charge on any atom is -0.440 e. The zero-order valence-corrected chi connectivity index (χ0v) is 12.5. The van der Waals surface area contributed by atoms with Crippen LogP contribution in [0.1, 0.15) is 24.8 Å². The third-order valence-electron chi connectivity index (χ3n) is 3.60. The van der Waals surface area contributed by atoms with E-state index in [0.29, 0.717) is 11.3 Å². The largest absolute Gasteiger partial charge is 0.440 e. The van der Waals surface area contributed by atoms with E-state index >= 15 is 0 Å². The van der Waals surface area contributed by atoms with Crippen LogP contribution >= 0.6 is 11.8 Å². The van der Waals surface area contributed by atoms with E-state index in [0.717, 1.165) is 30.6 Å². The number of hydrogen-bond acceptors (Lipinski definition) is 5. The molecule has 1 unspecified atom stereocenters. The van der Waals surface area contributed by atoms with Gasteiger partial charge < -0.3 is 4.42 Å². The number of nitriles is 1. The van der Waals surface area contributed by atoms with Gasteiger partial charge in [0.1, 0.15) is 11.8 Å². The van der Waals surface area contributed by atoms with Gasteiger partial charge in [-0.15, -0.1) is 0 Å². The molecule has 1 atom stereocenters. The van der Waals surface area contributed by atoms with Crippen LogP contribution in [0.4, 0.5) is 0 Å². The topological polar surface area (TPSA) is 61.9 Å². The SMILES string of the molecule is N#CC(CCSc1ncco1)(NC1CC1)c1ccccc1. The summed E-state index contributed by atoms with van der Waals surface area (Å²) in [5, 5.41) is 14.0. The quantitative estimate of drug-likeness (QED) is 0.795. The molecule has 1 aromatic carbocycles. The first kappa shape index (κ1) is 14.2. The summed E-state index contributed by atoms with van der Waals surface area (Å²) in [6.07, 6.45) is 6.24. The van der Waals surface area contributed by atoms with E-state index in [4.69, 9.17) is 4.42 Å². The monoisotopic (exact) mass is 299 g/mol. The Balaban J connectivity index is 1.73. The molecular weight excluding hydrogens is 282 g/mol. The van der Waals surface area contributed by atoms with Crippen molar-refractivity contribution in [2.75, 3.05) is 5.75 Å². The predicted molar refractivity (Wildman–Crippen MR) is 81.7 cm³/mol. The van der Waals surface area contributed by atoms with Crippen LogP contribution < -0.4 is 5.32 Å². The molecule has 1 aliphatic rings. The lowest BCUT2D eigenvalue weighted by Crippen LogP contribution is -2.43. The standard InChI is InChI=1S/C16H17N3OS/c17-12-16(19-14-6-7-14,13-4-2-1-3-5-13)8-11-21-15-18-9-10-20-15/h1-5,9-10,14,19H,6-8,11H2. The Morgan fingerprint density at radius 2 is 2.19 bits per heavy atom. The van der Waals surface area contributed by atoms with Gasteiger partial charge in [0, 0.05) is 11.8 Å². The molecule has 4 nitrogen and oxygen atoms in total. The summed E-state index contributed by atoms with van der Waals surface area (Å²) in [4.78, 5) is 4.10. The summed E-state index contributed by atoms with van der Waals surface area (Å²) in [6.45, 7) is 0. The number of aromatic nitrogens is 1. The average Bonchev–Trinajstić information content (AvgIpc) is 3.19. The highest BCUT2D eigenvalue weighted by atomic mass is 32.2. The summed E-state index contributed by atoms with van der Waals surface area (Å²) >= 11 is 1.54. The summed E-state index contributed by atoms with van der Waals surface area (Å²) in [5.74, 6) is 0.780. The van der Waals surface area contributed by atoms with Crippen molar-refractivity contribution in [3.8, 4) is 6.07 Å². The highest BCUT2D eigenvalue weighted by Gasteiger charge is 2.37. The Bertz CT molecular complexity index is 604. The zero-order chi connectivity index (χ0) is 14.5. The Hall–Kier alpha value is -1.77. The van der Waals surface area contributed by atoms with Crippen LogP contribution in [0.2, 0.25) is 0 Å². The second-order valence-corrected chi connectivity index (χ2v) is 6.24. The van der Waals surface area contributed by atoms with Crippen LogP contribution in [-0.4, -0.2) is 16.8 Å². The van der Waals surface area contributed by atoms with Crippen LogP contribution in [0.15, 0.2) is 52.4 Å². The Morgan fingerprint density at radius 1 is 1.38 bits per heavy atom. The van der Waals surface area contributed by atoms with Crippen LogP contribution in [0.3, 0.4) is 0 Å². The van der Waals surface area contributed by atoms with E-state index in [-0.39, 0.29) is 0 Å². The molecule has 0 radical (unpaired) electrons. The lowest BCUT2D eigenvalue weighted by Gasteiger charge is -2.28. The third-order valence-corrected chi connectivity index (χ3v) is 4.45. The minimum absolute atomic E-state index is 0.469. The normalized spacial score (nSPS) is 17.1. The van der Waals surface area contributed by atoms with Gasteiger partial charge in [-0.3, -0.25) is 5.32 Å². The van der Waals surface area contributed by atoms with Gasteiger partial charge in [0.15, 0.2) is 0 Å². The molecule has 0 amide bonds. The molecule has 1 fully saturated rings. The molecule has 1 N–H and O–H groups in total. The first-order valence-corrected chi connectivity index (χ1v) is 8.08. The van der Waals surface area contributed by atoms with Crippen molar-refractivity contribution in [1.29, 1.82) is 5.26 Å². The van der Waals surface area contributed by atoms with E-state index in [1.807, 2.05) is 30.3 Å². The Labute approximate surface area is 128 Å². The maximum Gasteiger partial charge on any atom is 0.255 e. The molecule has 0 aliphatic heterocycles. The number of nitrogens with one attached hydrogen (secondary N) is 1. The smallest absolute Gasteiger partial charge is 0.255 e. The molecule has 21 heavy (non-hydrogen) atoms. The highest BCUT2D eigenvalue weighted by Crippen LogP contribution is 2.32. The summed E-state index contributed by atoms with van der Waals surface area (Å²) in [6, 6.07) is 13.0. The Morgan fingerprint density at radius 3 is 2.81 bits per heavy atom. The average molecular weight is 299 g/mol. The predicted octanol–water partition coefficient (Wildman–Crippen LogP) is 3.33. The molecule has 5 heteroatoms. The first-order chi connectivity index (χ1) is 10.3. The van der Waals surface area contributed by atoms with Gasteiger partial charge in [-0.1, -0.05) is 42.1 Å². The molecule has 1 aromatic heterocycles. The molecule has 0 saturated heterocycles. The number of oxazole rings is 1. The molecule has 3 rings (SSSR count). The van der Waals surface area contributed by atoms with Gasteiger partial charge >= 0.3 is 0 Å². The highest BCUT2D eigenvalue weighted by molar-refractivity contribution is 7.99. The fourth-order valence-corrected chi connectivity index (χ4v) is 3.17. The van der Waals surface area contributed by atoms with Gasteiger partial charge in [-0.25, -0.2) is 4.98 Å². The van der Waals surface area contributed by atoms with Crippen molar-refractivity contribution in [1.82, 2.24) is 10.3 Å². The van der Waals surface area contributed by atoms with Crippen LogP contribution in [0.5, 0.6) is 0 Å². The zero-order valence-electron chi connectivity index (χ0n) is 11.7. The molecule has 1 saturated carbocycles. The molecule has 108 valence electrons. The first-order valence-electron chi connectivity index (χ1n) is 7.09. The second kappa shape index (κ2) is 6.33. The van der Waals surface area contributed by atoms with Gasteiger partial charge in [0.25, 0.3) is 5.22 Å². The van der Waals surface area contributed by atoms with E-state index in [2.05, 4.69) is 16.4 Å². The van der Waals surface area contributed by atoms with Gasteiger partial charge in [0.2, 0.25) is 0 Å². The van der Waals surface area contributed by atoms with E-state index < -0.39 is 5.54 Å². The van der Waals surface area contributed by atoms with Crippen molar-refractivity contribution in [3.63, 3.8) is 0 Å². The van der Waals surface area contributed by atoms with Crippen molar-refractivity contribution < 1.29 is 4.42 Å². The molecule has 1 heterocycles. The van der Waals surface area contributed by atoms with Crippen molar-refractivity contribution >= 4 is 11.8 Å². The third kappa shape index (κ3) is 3.46. The van der Waals surface area contributed by atoms with Gasteiger partial charge in [0.05, 0.1) is 12.3 Å². The van der Waals surface area contributed by atoms with Crippen LogP contribution in [0, 0.1) is 11.3 Å². The maximum atomic E-state index is 9.80. The fourth-order valence-electron chi connectivity index (χ4n) is 2.32. The van der Waals surface area contributed by atoms with Crippen molar-refractivity contribution in [2.24, 2.45) is 0 Å². The Kier molecular flexibility index (Phi) is 4.28. The van der Waals surface area contributed by atoms with Crippen LogP contribution in [0.25, 0.3) is 0 Å². The number of nitrogens with zero attached hydrogens (tertiary/aromatic N) is 2. The van der Waals surface area contributed by atoms with E-state index in [1.54, 1.807) is 24.2 Å². The van der Waals surface area contributed by atoms with Gasteiger partial charge in [-0.2, -0.15) is 5.26 Å². The molecule has 0 bridgehead atoms. The molecule has 0 spiro atoms. The van der Waals surface area contributed by atoms with E-state index in [1.165, 1.54) is 0 Å². The summed E-state index contributed by atoms with van der Waals surface area (Å²) in [7, 11) is 0. The van der Waals surface area contributed by atoms with Gasteiger partial charge in [-0.05, 0) is 24.8 Å². The lowest BCUT2D eigenvalue weighted by molar-refractivity contribution is 0.410. The lowest BCUT2D eigenvalue weighted by atomic mass is 9.88. The number of benzene rings is 1. The van der Waals surface area contributed by atoms with Crippen molar-refractivity contribution in [2.45, 2.75) is 36.1 Å². The molecule has 2 aromatic rings. The minimum atomic E-state index is -0.623. The van der Waals surface area contributed by atoms with Crippen molar-refractivity contribution in [3.05, 3.63) is 48.4 Å². The number of thioether (sulfide) groups is 1. The number of rotatable bonds is 7. The fraction of sp³-hybridized carbons (Fsp3) is 0.375. The summed E-state index contributed by atoms with van der Waals surface area (Å²) in [5.41, 5.74) is 0.412. The van der Waals surface area contributed by atoms with Crippen LogP contribution in [-0.2, 0) is 5.54 Å².